The standard InChI is InChI=1S/C15H23NO2/c1-16(14-8-11-18-12-9-14)10-7-15(17)13-5-3-2-4-6-13/h2-6,14-15,17H,7-12H2,1H3. The van der Waals surface area contributed by atoms with Crippen LogP contribution in [-0.2, 0) is 4.74 Å². The number of nitrogens with zero attached hydrogens (tertiary/aromatic N) is 1. The van der Waals surface area contributed by atoms with E-state index < -0.39 is 0 Å². The molecule has 18 heavy (non-hydrogen) atoms. The van der Waals surface area contributed by atoms with Crippen LogP contribution in [0.2, 0.25) is 0 Å². The summed E-state index contributed by atoms with van der Waals surface area (Å²) in [7, 11) is 2.15. The summed E-state index contributed by atoms with van der Waals surface area (Å²) in [5.74, 6) is 0. The van der Waals surface area contributed by atoms with Gasteiger partial charge in [0.25, 0.3) is 0 Å². The summed E-state index contributed by atoms with van der Waals surface area (Å²) in [6, 6.07) is 10.5. The van der Waals surface area contributed by atoms with E-state index in [0.29, 0.717) is 6.04 Å². The SMILES string of the molecule is CN(CCC(O)c1ccccc1)C1CCOCC1. The van der Waals surface area contributed by atoms with E-state index in [2.05, 4.69) is 11.9 Å². The van der Waals surface area contributed by atoms with Crippen LogP contribution in [0.25, 0.3) is 0 Å². The van der Waals surface area contributed by atoms with Crippen LogP contribution in [0.5, 0.6) is 0 Å². The smallest absolute Gasteiger partial charge is 0.0802 e. The lowest BCUT2D eigenvalue weighted by Gasteiger charge is -2.31. The van der Waals surface area contributed by atoms with Crippen molar-refractivity contribution in [3.63, 3.8) is 0 Å². The summed E-state index contributed by atoms with van der Waals surface area (Å²) in [6.07, 6.45) is 2.65. The fourth-order valence-electron chi connectivity index (χ4n) is 2.48. The van der Waals surface area contributed by atoms with E-state index in [1.165, 1.54) is 0 Å². The van der Waals surface area contributed by atoms with Crippen molar-refractivity contribution in [2.24, 2.45) is 0 Å². The van der Waals surface area contributed by atoms with Crippen molar-refractivity contribution in [2.45, 2.75) is 31.4 Å². The van der Waals surface area contributed by atoms with Gasteiger partial charge >= 0.3 is 0 Å². The topological polar surface area (TPSA) is 32.7 Å². The van der Waals surface area contributed by atoms with Gasteiger partial charge in [-0.2, -0.15) is 0 Å². The van der Waals surface area contributed by atoms with Gasteiger partial charge < -0.3 is 14.7 Å². The molecule has 0 spiro atoms. The Morgan fingerprint density at radius 3 is 2.61 bits per heavy atom. The second-order valence-electron chi connectivity index (χ2n) is 5.04. The molecule has 1 aliphatic heterocycles. The molecule has 1 N–H and O–H groups in total. The van der Waals surface area contributed by atoms with Gasteiger partial charge in [-0.1, -0.05) is 30.3 Å². The van der Waals surface area contributed by atoms with Gasteiger partial charge in [-0.3, -0.25) is 0 Å². The second kappa shape index (κ2) is 6.88. The first-order valence-electron chi connectivity index (χ1n) is 6.78. The molecular weight excluding hydrogens is 226 g/mol. The molecule has 100 valence electrons. The van der Waals surface area contributed by atoms with Gasteiger partial charge in [0, 0.05) is 25.8 Å². The molecular formula is C15H23NO2. The van der Waals surface area contributed by atoms with Crippen LogP contribution < -0.4 is 0 Å². The molecule has 3 heteroatoms. The highest BCUT2D eigenvalue weighted by molar-refractivity contribution is 5.17. The van der Waals surface area contributed by atoms with Crippen molar-refractivity contribution in [1.82, 2.24) is 4.90 Å². The number of aliphatic hydroxyl groups is 1. The van der Waals surface area contributed by atoms with Gasteiger partial charge in [-0.15, -0.1) is 0 Å². The number of hydrogen-bond acceptors (Lipinski definition) is 3. The fourth-order valence-corrected chi connectivity index (χ4v) is 2.48. The van der Waals surface area contributed by atoms with Gasteiger partial charge in [0.05, 0.1) is 6.10 Å². The van der Waals surface area contributed by atoms with Crippen molar-refractivity contribution in [2.75, 3.05) is 26.8 Å². The summed E-state index contributed by atoms with van der Waals surface area (Å²) in [5.41, 5.74) is 1.01. The highest BCUT2D eigenvalue weighted by Crippen LogP contribution is 2.18. The minimum absolute atomic E-state index is 0.353. The minimum atomic E-state index is -0.353. The zero-order chi connectivity index (χ0) is 12.8. The molecule has 0 saturated carbocycles. The lowest BCUT2D eigenvalue weighted by Crippen LogP contribution is -2.37. The van der Waals surface area contributed by atoms with Crippen LogP contribution in [0.4, 0.5) is 0 Å². The first kappa shape index (κ1) is 13.5. The zero-order valence-electron chi connectivity index (χ0n) is 11.1. The molecule has 1 aliphatic rings. The maximum atomic E-state index is 10.1. The molecule has 1 unspecified atom stereocenters. The van der Waals surface area contributed by atoms with E-state index >= 15 is 0 Å². The Hall–Kier alpha value is -0.900. The molecule has 3 nitrogen and oxygen atoms in total. The maximum Gasteiger partial charge on any atom is 0.0802 e. The molecule has 0 radical (unpaired) electrons. The molecule has 1 fully saturated rings. The summed E-state index contributed by atoms with van der Waals surface area (Å²) in [5, 5.41) is 10.1. The number of aliphatic hydroxyl groups excluding tert-OH is 1. The van der Waals surface area contributed by atoms with Gasteiger partial charge in [-0.25, -0.2) is 0 Å². The van der Waals surface area contributed by atoms with Gasteiger partial charge in [0.1, 0.15) is 0 Å². The zero-order valence-corrected chi connectivity index (χ0v) is 11.1. The van der Waals surface area contributed by atoms with Crippen LogP contribution in [0.1, 0.15) is 30.9 Å². The van der Waals surface area contributed by atoms with Crippen molar-refractivity contribution in [3.8, 4) is 0 Å². The number of rotatable bonds is 5. The molecule has 0 bridgehead atoms. The van der Waals surface area contributed by atoms with Gasteiger partial charge in [-0.05, 0) is 31.9 Å². The van der Waals surface area contributed by atoms with Crippen molar-refractivity contribution in [1.29, 1.82) is 0 Å². The lowest BCUT2D eigenvalue weighted by molar-refractivity contribution is 0.0377. The highest BCUT2D eigenvalue weighted by Gasteiger charge is 2.19. The Balaban J connectivity index is 1.76. The van der Waals surface area contributed by atoms with Crippen LogP contribution >= 0.6 is 0 Å². The Kier molecular flexibility index (Phi) is 5.17. The van der Waals surface area contributed by atoms with E-state index in [9.17, 15) is 5.11 Å². The monoisotopic (exact) mass is 249 g/mol. The van der Waals surface area contributed by atoms with Crippen LogP contribution in [-0.4, -0.2) is 42.9 Å². The van der Waals surface area contributed by atoms with Crippen LogP contribution in [0.3, 0.4) is 0 Å². The highest BCUT2D eigenvalue weighted by atomic mass is 16.5. The lowest BCUT2D eigenvalue weighted by atomic mass is 10.0. The first-order valence-corrected chi connectivity index (χ1v) is 6.78. The summed E-state index contributed by atoms with van der Waals surface area (Å²) in [6.45, 7) is 2.67. The molecule has 1 aromatic rings. The predicted molar refractivity (Wildman–Crippen MR) is 72.5 cm³/mol. The Labute approximate surface area is 109 Å². The van der Waals surface area contributed by atoms with Crippen LogP contribution in [0.15, 0.2) is 30.3 Å². The first-order chi connectivity index (χ1) is 8.77. The van der Waals surface area contributed by atoms with Crippen LogP contribution in [0, 0.1) is 0 Å². The third kappa shape index (κ3) is 3.80. The number of benzene rings is 1. The Morgan fingerprint density at radius 1 is 1.28 bits per heavy atom. The average Bonchev–Trinajstić information content (AvgIpc) is 2.46. The van der Waals surface area contributed by atoms with E-state index in [0.717, 1.165) is 44.6 Å². The average molecular weight is 249 g/mol. The van der Waals surface area contributed by atoms with E-state index in [-0.39, 0.29) is 6.10 Å². The van der Waals surface area contributed by atoms with E-state index in [1.807, 2.05) is 30.3 Å². The molecule has 0 aliphatic carbocycles. The Morgan fingerprint density at radius 2 is 1.94 bits per heavy atom. The minimum Gasteiger partial charge on any atom is -0.388 e. The third-order valence-electron chi connectivity index (χ3n) is 3.75. The summed E-state index contributed by atoms with van der Waals surface area (Å²) >= 11 is 0. The largest absolute Gasteiger partial charge is 0.388 e. The van der Waals surface area contributed by atoms with Crippen molar-refractivity contribution < 1.29 is 9.84 Å². The Bertz CT molecular complexity index is 336. The predicted octanol–water partition coefficient (Wildman–Crippen LogP) is 2.22. The molecule has 1 atom stereocenters. The maximum absolute atomic E-state index is 10.1. The second-order valence-corrected chi connectivity index (χ2v) is 5.04. The third-order valence-corrected chi connectivity index (χ3v) is 3.75. The fraction of sp³-hybridized carbons (Fsp3) is 0.600. The molecule has 1 saturated heterocycles. The molecule has 1 aromatic carbocycles. The number of hydrogen-bond donors (Lipinski definition) is 1. The summed E-state index contributed by atoms with van der Waals surface area (Å²) < 4.78 is 5.37. The van der Waals surface area contributed by atoms with E-state index in [1.54, 1.807) is 0 Å². The van der Waals surface area contributed by atoms with Crippen molar-refractivity contribution in [3.05, 3.63) is 35.9 Å². The molecule has 0 aromatic heterocycles. The quantitative estimate of drug-likeness (QED) is 0.868. The van der Waals surface area contributed by atoms with Crippen molar-refractivity contribution >= 4 is 0 Å². The molecule has 1 heterocycles. The number of ether oxygens (including phenoxy) is 1. The molecule has 0 amide bonds. The summed E-state index contributed by atoms with van der Waals surface area (Å²) in [4.78, 5) is 2.36. The molecule has 2 rings (SSSR count). The van der Waals surface area contributed by atoms with Gasteiger partial charge in [0.2, 0.25) is 0 Å². The van der Waals surface area contributed by atoms with Gasteiger partial charge in [0.15, 0.2) is 0 Å². The normalized spacial score (nSPS) is 19.1. The van der Waals surface area contributed by atoms with E-state index in [4.69, 9.17) is 4.74 Å².